The van der Waals surface area contributed by atoms with Crippen molar-refractivity contribution in [2.75, 3.05) is 53.6 Å². The van der Waals surface area contributed by atoms with E-state index in [2.05, 4.69) is 17.0 Å². The van der Waals surface area contributed by atoms with Gasteiger partial charge in [0.25, 0.3) is 0 Å². The van der Waals surface area contributed by atoms with E-state index in [-0.39, 0.29) is 18.3 Å². The van der Waals surface area contributed by atoms with E-state index in [0.29, 0.717) is 19.6 Å². The number of carbonyl (C=O) groups is 1. The molecule has 0 saturated carbocycles. The lowest BCUT2D eigenvalue weighted by Gasteiger charge is -2.31. The Kier molecular flexibility index (Phi) is 7.35. The lowest BCUT2D eigenvalue weighted by Crippen LogP contribution is -2.42. The predicted octanol–water partition coefficient (Wildman–Crippen LogP) is 1.73. The summed E-state index contributed by atoms with van der Waals surface area (Å²) >= 11 is 0. The average Bonchev–Trinajstić information content (AvgIpc) is 2.65. The summed E-state index contributed by atoms with van der Waals surface area (Å²) in [6, 6.07) is 4.13. The van der Waals surface area contributed by atoms with Gasteiger partial charge in [-0.15, -0.1) is 12.4 Å². The van der Waals surface area contributed by atoms with Crippen LogP contribution >= 0.6 is 12.4 Å². The number of methoxy groups -OCH3 is 2. The molecule has 1 amide bonds. The molecule has 2 aliphatic rings. The van der Waals surface area contributed by atoms with Gasteiger partial charge in [0.15, 0.2) is 11.5 Å². The number of nitrogens with zero attached hydrogens (tertiary/aromatic N) is 2. The molecule has 1 saturated heterocycles. The fraction of sp³-hybridized carbons (Fsp3) is 0.611. The molecule has 3 rings (SSSR count). The second-order valence-corrected chi connectivity index (χ2v) is 6.25. The Balaban J connectivity index is 0.00000225. The van der Waals surface area contributed by atoms with Crippen LogP contribution in [-0.4, -0.2) is 69.3 Å². The van der Waals surface area contributed by atoms with E-state index in [1.165, 1.54) is 11.1 Å². The first-order valence-corrected chi connectivity index (χ1v) is 8.53. The van der Waals surface area contributed by atoms with Crippen molar-refractivity contribution >= 4 is 18.3 Å². The Labute approximate surface area is 155 Å². The van der Waals surface area contributed by atoms with Crippen LogP contribution in [0.4, 0.5) is 0 Å². The molecule has 0 aromatic heterocycles. The Morgan fingerprint density at radius 3 is 2.36 bits per heavy atom. The summed E-state index contributed by atoms with van der Waals surface area (Å²) in [4.78, 5) is 16.5. The maximum absolute atomic E-state index is 12.3. The molecule has 25 heavy (non-hydrogen) atoms. The number of carbonyl (C=O) groups excluding carboxylic acids is 1. The van der Waals surface area contributed by atoms with Gasteiger partial charge in [-0.1, -0.05) is 0 Å². The van der Waals surface area contributed by atoms with Crippen molar-refractivity contribution in [3.63, 3.8) is 0 Å². The summed E-state index contributed by atoms with van der Waals surface area (Å²) < 4.78 is 16.1. The van der Waals surface area contributed by atoms with Gasteiger partial charge in [0.1, 0.15) is 0 Å². The summed E-state index contributed by atoms with van der Waals surface area (Å²) in [6.45, 7) is 5.38. The lowest BCUT2D eigenvalue weighted by molar-refractivity contribution is -0.135. The fourth-order valence-electron chi connectivity index (χ4n) is 3.36. The quantitative estimate of drug-likeness (QED) is 0.790. The van der Waals surface area contributed by atoms with Crippen molar-refractivity contribution in [3.8, 4) is 11.5 Å². The topological polar surface area (TPSA) is 51.2 Å². The van der Waals surface area contributed by atoms with Gasteiger partial charge < -0.3 is 19.1 Å². The summed E-state index contributed by atoms with van der Waals surface area (Å²) in [5.74, 6) is 1.78. The van der Waals surface area contributed by atoms with Crippen molar-refractivity contribution < 1.29 is 19.0 Å². The minimum Gasteiger partial charge on any atom is -0.493 e. The highest BCUT2D eigenvalue weighted by Crippen LogP contribution is 2.33. The highest BCUT2D eigenvalue weighted by atomic mass is 35.5. The van der Waals surface area contributed by atoms with Gasteiger partial charge in [-0.2, -0.15) is 0 Å². The number of morpholine rings is 1. The number of hydrogen-bond donors (Lipinski definition) is 0. The van der Waals surface area contributed by atoms with Crippen LogP contribution in [0, 0.1) is 0 Å². The summed E-state index contributed by atoms with van der Waals surface area (Å²) in [5, 5.41) is 0. The van der Waals surface area contributed by atoms with Crippen LogP contribution in [0.15, 0.2) is 12.1 Å². The normalized spacial score (nSPS) is 17.4. The van der Waals surface area contributed by atoms with Crippen molar-refractivity contribution in [1.29, 1.82) is 0 Å². The van der Waals surface area contributed by atoms with Crippen molar-refractivity contribution in [2.24, 2.45) is 0 Å². The fourth-order valence-corrected chi connectivity index (χ4v) is 3.36. The first-order valence-electron chi connectivity index (χ1n) is 8.53. The van der Waals surface area contributed by atoms with Gasteiger partial charge >= 0.3 is 0 Å². The number of hydrogen-bond acceptors (Lipinski definition) is 5. The Morgan fingerprint density at radius 1 is 1.08 bits per heavy atom. The van der Waals surface area contributed by atoms with E-state index in [4.69, 9.17) is 14.2 Å². The van der Waals surface area contributed by atoms with Gasteiger partial charge in [0, 0.05) is 39.1 Å². The van der Waals surface area contributed by atoms with Crippen molar-refractivity contribution in [3.05, 3.63) is 23.3 Å². The van der Waals surface area contributed by atoms with Crippen LogP contribution in [0.3, 0.4) is 0 Å². The molecule has 140 valence electrons. The third-order valence-corrected chi connectivity index (χ3v) is 4.80. The number of fused-ring (bicyclic) bond motifs is 1. The van der Waals surface area contributed by atoms with Gasteiger partial charge in [0.05, 0.1) is 27.4 Å². The first-order chi connectivity index (χ1) is 11.7. The molecule has 1 fully saturated rings. The van der Waals surface area contributed by atoms with E-state index in [9.17, 15) is 4.79 Å². The van der Waals surface area contributed by atoms with Crippen molar-refractivity contribution in [1.82, 2.24) is 9.80 Å². The standard InChI is InChI=1S/C18H26N2O4.ClH/c1-22-16-11-14-3-5-19(13-15(14)12-17(16)23-2)6-4-18(21)20-7-9-24-10-8-20;/h11-12H,3-10,13H2,1-2H3;1H. The third kappa shape index (κ3) is 4.77. The number of ether oxygens (including phenoxy) is 3. The molecule has 0 spiro atoms. The molecule has 0 unspecified atom stereocenters. The molecular formula is C18H27ClN2O4. The zero-order chi connectivity index (χ0) is 16.9. The molecule has 0 atom stereocenters. The zero-order valence-electron chi connectivity index (χ0n) is 15.0. The molecular weight excluding hydrogens is 344 g/mol. The van der Waals surface area contributed by atoms with Crippen LogP contribution in [0.2, 0.25) is 0 Å². The SMILES string of the molecule is COc1cc2c(cc1OC)CN(CCC(=O)N1CCOCC1)CC2.Cl. The molecule has 0 bridgehead atoms. The average molecular weight is 371 g/mol. The predicted molar refractivity (Wildman–Crippen MR) is 97.8 cm³/mol. The van der Waals surface area contributed by atoms with E-state index < -0.39 is 0 Å². The molecule has 1 aromatic carbocycles. The Hall–Kier alpha value is -1.50. The summed E-state index contributed by atoms with van der Waals surface area (Å²) in [6.07, 6.45) is 1.55. The molecule has 0 N–H and O–H groups in total. The number of rotatable bonds is 5. The van der Waals surface area contributed by atoms with E-state index in [1.807, 2.05) is 4.90 Å². The first kappa shape index (κ1) is 19.8. The lowest BCUT2D eigenvalue weighted by atomic mass is 9.98. The Morgan fingerprint density at radius 2 is 1.72 bits per heavy atom. The van der Waals surface area contributed by atoms with E-state index in [0.717, 1.165) is 50.6 Å². The minimum atomic E-state index is 0. The minimum absolute atomic E-state index is 0. The third-order valence-electron chi connectivity index (χ3n) is 4.80. The van der Waals surface area contributed by atoms with Gasteiger partial charge in [-0.05, 0) is 29.7 Å². The molecule has 7 heteroatoms. The van der Waals surface area contributed by atoms with Crippen LogP contribution in [0.5, 0.6) is 11.5 Å². The van der Waals surface area contributed by atoms with Crippen LogP contribution in [-0.2, 0) is 22.5 Å². The smallest absolute Gasteiger partial charge is 0.224 e. The molecule has 6 nitrogen and oxygen atoms in total. The van der Waals surface area contributed by atoms with E-state index in [1.54, 1.807) is 14.2 Å². The second-order valence-electron chi connectivity index (χ2n) is 6.25. The molecule has 0 aliphatic carbocycles. The van der Waals surface area contributed by atoms with E-state index >= 15 is 0 Å². The highest BCUT2D eigenvalue weighted by Gasteiger charge is 2.22. The number of benzene rings is 1. The maximum Gasteiger partial charge on any atom is 0.224 e. The van der Waals surface area contributed by atoms with Gasteiger partial charge in [-0.25, -0.2) is 0 Å². The molecule has 0 radical (unpaired) electrons. The number of amides is 1. The molecule has 2 aliphatic heterocycles. The maximum atomic E-state index is 12.3. The van der Waals surface area contributed by atoms with Crippen molar-refractivity contribution in [2.45, 2.75) is 19.4 Å². The zero-order valence-corrected chi connectivity index (χ0v) is 15.8. The highest BCUT2D eigenvalue weighted by molar-refractivity contribution is 5.85. The monoisotopic (exact) mass is 370 g/mol. The van der Waals surface area contributed by atoms with Crippen LogP contribution < -0.4 is 9.47 Å². The second kappa shape index (κ2) is 9.27. The number of halogens is 1. The van der Waals surface area contributed by atoms with Gasteiger partial charge in [0.2, 0.25) is 5.91 Å². The van der Waals surface area contributed by atoms with Crippen LogP contribution in [0.1, 0.15) is 17.5 Å². The molecule has 1 aromatic rings. The summed E-state index contributed by atoms with van der Waals surface area (Å²) in [5.41, 5.74) is 2.57. The Bertz CT molecular complexity index is 591. The molecule has 2 heterocycles. The largest absolute Gasteiger partial charge is 0.493 e. The van der Waals surface area contributed by atoms with Crippen LogP contribution in [0.25, 0.3) is 0 Å². The summed E-state index contributed by atoms with van der Waals surface area (Å²) in [7, 11) is 3.32. The van der Waals surface area contributed by atoms with Gasteiger partial charge in [-0.3, -0.25) is 9.69 Å².